The number of aromatic nitrogens is 3. The molecule has 2 N–H and O–H groups in total. The highest BCUT2D eigenvalue weighted by Gasteiger charge is 2.24. The molecule has 0 atom stereocenters. The highest BCUT2D eigenvalue weighted by Crippen LogP contribution is 2.28. The van der Waals surface area contributed by atoms with E-state index < -0.39 is 0 Å². The fourth-order valence-corrected chi connectivity index (χ4v) is 3.73. The van der Waals surface area contributed by atoms with Gasteiger partial charge in [0.05, 0.1) is 12.1 Å². The van der Waals surface area contributed by atoms with Gasteiger partial charge in [0.25, 0.3) is 0 Å². The lowest BCUT2D eigenvalue weighted by Gasteiger charge is -2.12. The van der Waals surface area contributed by atoms with E-state index in [1.165, 1.54) is 22.7 Å². The Labute approximate surface area is 147 Å². The van der Waals surface area contributed by atoms with Crippen molar-refractivity contribution in [3.8, 4) is 0 Å². The first-order chi connectivity index (χ1) is 11.3. The lowest BCUT2D eigenvalue weighted by Crippen LogP contribution is -2.27. The van der Waals surface area contributed by atoms with Gasteiger partial charge in [0.15, 0.2) is 5.13 Å². The number of amides is 3. The summed E-state index contributed by atoms with van der Waals surface area (Å²) in [6.07, 6.45) is 0.135. The van der Waals surface area contributed by atoms with E-state index in [0.717, 1.165) is 5.01 Å². The molecule has 2 aromatic heterocycles. The average molecular weight is 366 g/mol. The summed E-state index contributed by atoms with van der Waals surface area (Å²) in [5.41, 5.74) is 0.536. The highest BCUT2D eigenvalue weighted by molar-refractivity contribution is 7.15. The van der Waals surface area contributed by atoms with Crippen LogP contribution in [0.5, 0.6) is 0 Å². The van der Waals surface area contributed by atoms with Crippen molar-refractivity contribution in [3.63, 3.8) is 0 Å². The van der Waals surface area contributed by atoms with Gasteiger partial charge in [0.2, 0.25) is 11.0 Å². The summed E-state index contributed by atoms with van der Waals surface area (Å²) >= 11 is 2.73. The van der Waals surface area contributed by atoms with Crippen molar-refractivity contribution in [2.75, 3.05) is 23.3 Å². The summed E-state index contributed by atoms with van der Waals surface area (Å²) in [6.45, 7) is 7.35. The van der Waals surface area contributed by atoms with Crippen LogP contribution in [-0.4, -0.2) is 40.2 Å². The first kappa shape index (κ1) is 16.8. The second kappa shape index (κ2) is 6.44. The molecular formula is C14H18N6O2S2. The molecule has 0 saturated carbocycles. The van der Waals surface area contributed by atoms with Crippen molar-refractivity contribution in [2.45, 2.75) is 32.6 Å². The fraction of sp³-hybridized carbons (Fsp3) is 0.500. The zero-order valence-corrected chi connectivity index (χ0v) is 15.3. The van der Waals surface area contributed by atoms with Crippen LogP contribution in [0.1, 0.15) is 31.5 Å². The molecule has 0 aliphatic carbocycles. The molecule has 24 heavy (non-hydrogen) atoms. The third kappa shape index (κ3) is 3.70. The van der Waals surface area contributed by atoms with Crippen LogP contribution in [0.3, 0.4) is 0 Å². The van der Waals surface area contributed by atoms with E-state index in [2.05, 4.69) is 25.8 Å². The monoisotopic (exact) mass is 366 g/mol. The van der Waals surface area contributed by atoms with Gasteiger partial charge in [-0.3, -0.25) is 9.69 Å². The van der Waals surface area contributed by atoms with Crippen LogP contribution in [0.4, 0.5) is 15.1 Å². The number of nitrogens with one attached hydrogen (secondary N) is 2. The Morgan fingerprint density at radius 3 is 2.83 bits per heavy atom. The Morgan fingerprint density at radius 1 is 1.42 bits per heavy atom. The van der Waals surface area contributed by atoms with E-state index in [1.807, 2.05) is 20.8 Å². The molecule has 2 aromatic rings. The van der Waals surface area contributed by atoms with Crippen molar-refractivity contribution >= 4 is 44.9 Å². The molecule has 1 fully saturated rings. The second-order valence-electron chi connectivity index (χ2n) is 6.39. The Morgan fingerprint density at radius 2 is 2.21 bits per heavy atom. The van der Waals surface area contributed by atoms with Crippen molar-refractivity contribution < 1.29 is 9.59 Å². The summed E-state index contributed by atoms with van der Waals surface area (Å²) in [7, 11) is 0. The molecule has 3 rings (SSSR count). The van der Waals surface area contributed by atoms with Gasteiger partial charge >= 0.3 is 6.03 Å². The van der Waals surface area contributed by atoms with Crippen LogP contribution in [0, 0.1) is 0 Å². The maximum atomic E-state index is 12.1. The molecule has 0 bridgehead atoms. The smallest absolute Gasteiger partial charge is 0.323 e. The summed E-state index contributed by atoms with van der Waals surface area (Å²) in [4.78, 5) is 29.7. The van der Waals surface area contributed by atoms with Gasteiger partial charge in [-0.05, 0) is 0 Å². The summed E-state index contributed by atoms with van der Waals surface area (Å²) < 4.78 is 0. The minimum Gasteiger partial charge on any atom is -0.336 e. The van der Waals surface area contributed by atoms with E-state index in [4.69, 9.17) is 0 Å². The zero-order valence-electron chi connectivity index (χ0n) is 13.6. The van der Waals surface area contributed by atoms with Gasteiger partial charge in [-0.15, -0.1) is 21.5 Å². The number of thiazole rings is 1. The van der Waals surface area contributed by atoms with E-state index >= 15 is 0 Å². The quantitative estimate of drug-likeness (QED) is 0.862. The van der Waals surface area contributed by atoms with Crippen molar-refractivity contribution in [3.05, 3.63) is 16.1 Å². The zero-order chi connectivity index (χ0) is 17.3. The number of carbonyl (C=O) groups excluding carboxylic acids is 2. The maximum Gasteiger partial charge on any atom is 0.323 e. The standard InChI is InChI=1S/C14H18N6O2S2/c1-14(2,3)10-18-19-11(24-10)17-9(21)6-8-7-23-13(16-8)20-5-4-15-12(20)22/h7H,4-6H2,1-3H3,(H,15,22)(H,17,19,21). The predicted octanol–water partition coefficient (Wildman–Crippen LogP) is 2.00. The minimum atomic E-state index is -0.200. The molecule has 128 valence electrons. The third-order valence-electron chi connectivity index (χ3n) is 3.28. The number of hydrogen-bond donors (Lipinski definition) is 2. The fourth-order valence-electron chi connectivity index (χ4n) is 2.06. The molecule has 1 aliphatic rings. The SMILES string of the molecule is CC(C)(C)c1nnc(NC(=O)Cc2csc(N3CCNC3=O)n2)s1. The molecule has 1 saturated heterocycles. The molecule has 0 unspecified atom stereocenters. The van der Waals surface area contributed by atoms with Gasteiger partial charge in [-0.25, -0.2) is 9.78 Å². The number of urea groups is 1. The number of hydrogen-bond acceptors (Lipinski definition) is 7. The van der Waals surface area contributed by atoms with Crippen LogP contribution < -0.4 is 15.5 Å². The van der Waals surface area contributed by atoms with Gasteiger partial charge in [0, 0.05) is 23.9 Å². The summed E-state index contributed by atoms with van der Waals surface area (Å²) in [5.74, 6) is -0.200. The Hall–Kier alpha value is -2.07. The largest absolute Gasteiger partial charge is 0.336 e. The summed E-state index contributed by atoms with van der Waals surface area (Å²) in [6, 6.07) is -0.149. The van der Waals surface area contributed by atoms with Crippen LogP contribution in [0.15, 0.2) is 5.38 Å². The predicted molar refractivity (Wildman–Crippen MR) is 93.8 cm³/mol. The van der Waals surface area contributed by atoms with E-state index in [1.54, 1.807) is 10.3 Å². The molecule has 1 aliphatic heterocycles. The maximum absolute atomic E-state index is 12.1. The molecular weight excluding hydrogens is 348 g/mol. The molecule has 0 aromatic carbocycles. The van der Waals surface area contributed by atoms with Crippen LogP contribution in [0.25, 0.3) is 0 Å². The van der Waals surface area contributed by atoms with Crippen LogP contribution >= 0.6 is 22.7 Å². The molecule has 10 heteroatoms. The summed E-state index contributed by atoms with van der Waals surface area (Å²) in [5, 5.41) is 17.3. The second-order valence-corrected chi connectivity index (χ2v) is 8.21. The van der Waals surface area contributed by atoms with Gasteiger partial charge < -0.3 is 10.6 Å². The lowest BCUT2D eigenvalue weighted by atomic mass is 9.98. The van der Waals surface area contributed by atoms with E-state index in [9.17, 15) is 9.59 Å². The Bertz CT molecular complexity index is 763. The van der Waals surface area contributed by atoms with Crippen molar-refractivity contribution in [1.82, 2.24) is 20.5 Å². The van der Waals surface area contributed by atoms with E-state index in [0.29, 0.717) is 29.0 Å². The van der Waals surface area contributed by atoms with Gasteiger partial charge in [-0.1, -0.05) is 32.1 Å². The van der Waals surface area contributed by atoms with Gasteiger partial charge in [0.1, 0.15) is 5.01 Å². The highest BCUT2D eigenvalue weighted by atomic mass is 32.1. The number of rotatable bonds is 4. The lowest BCUT2D eigenvalue weighted by molar-refractivity contribution is -0.115. The normalized spacial score (nSPS) is 14.8. The topological polar surface area (TPSA) is 100 Å². The van der Waals surface area contributed by atoms with Crippen LogP contribution in [-0.2, 0) is 16.6 Å². The molecule has 0 spiro atoms. The molecule has 0 radical (unpaired) electrons. The minimum absolute atomic E-state index is 0.0965. The number of carbonyl (C=O) groups is 2. The van der Waals surface area contributed by atoms with Crippen molar-refractivity contribution in [1.29, 1.82) is 0 Å². The Kier molecular flexibility index (Phi) is 4.50. The van der Waals surface area contributed by atoms with Crippen molar-refractivity contribution in [2.24, 2.45) is 0 Å². The Balaban J connectivity index is 1.60. The first-order valence-corrected chi connectivity index (χ1v) is 9.16. The molecule has 8 nitrogen and oxygen atoms in total. The number of nitrogens with zero attached hydrogens (tertiary/aromatic N) is 4. The first-order valence-electron chi connectivity index (χ1n) is 7.46. The van der Waals surface area contributed by atoms with Crippen LogP contribution in [0.2, 0.25) is 0 Å². The van der Waals surface area contributed by atoms with Gasteiger partial charge in [-0.2, -0.15) is 0 Å². The third-order valence-corrected chi connectivity index (χ3v) is 5.46. The molecule has 3 amide bonds. The number of anilines is 2. The average Bonchev–Trinajstić information content (AvgIpc) is 3.18. The van der Waals surface area contributed by atoms with E-state index in [-0.39, 0.29) is 23.8 Å². The molecule has 3 heterocycles.